The first-order chi connectivity index (χ1) is 8.65. The molecule has 94 valence electrons. The molecule has 0 radical (unpaired) electrons. The van der Waals surface area contributed by atoms with E-state index in [2.05, 4.69) is 19.9 Å². The first-order valence-corrected chi connectivity index (χ1v) is 6.03. The summed E-state index contributed by atoms with van der Waals surface area (Å²) in [5.74, 6) is 0.150. The van der Waals surface area contributed by atoms with Gasteiger partial charge in [-0.3, -0.25) is 9.69 Å². The Labute approximate surface area is 107 Å². The zero-order valence-electron chi connectivity index (χ0n) is 10.6. The van der Waals surface area contributed by atoms with Crippen LogP contribution in [0.4, 0.5) is 5.69 Å². The summed E-state index contributed by atoms with van der Waals surface area (Å²) < 4.78 is 5.12. The molecule has 1 unspecified atom stereocenters. The maximum absolute atomic E-state index is 12.0. The molecule has 18 heavy (non-hydrogen) atoms. The number of benzene rings is 1. The van der Waals surface area contributed by atoms with E-state index in [-0.39, 0.29) is 19.1 Å². The summed E-state index contributed by atoms with van der Waals surface area (Å²) in [7, 11) is 0. The summed E-state index contributed by atoms with van der Waals surface area (Å²) in [6.45, 7) is 4.47. The Bertz CT molecular complexity index is 491. The van der Waals surface area contributed by atoms with E-state index >= 15 is 0 Å². The SMILES string of the molecule is CC(C)c1ccccc1N1C(=O)COCC1C#N. The summed E-state index contributed by atoms with van der Waals surface area (Å²) in [5, 5.41) is 9.15. The van der Waals surface area contributed by atoms with Gasteiger partial charge in [0.15, 0.2) is 0 Å². The summed E-state index contributed by atoms with van der Waals surface area (Å²) in [6.07, 6.45) is 0. The van der Waals surface area contributed by atoms with E-state index < -0.39 is 6.04 Å². The number of nitriles is 1. The number of hydrogen-bond acceptors (Lipinski definition) is 3. The van der Waals surface area contributed by atoms with Crippen molar-refractivity contribution < 1.29 is 9.53 Å². The van der Waals surface area contributed by atoms with Crippen LogP contribution in [0, 0.1) is 11.3 Å². The molecule has 2 rings (SSSR count). The molecule has 1 fully saturated rings. The summed E-state index contributed by atoms with van der Waals surface area (Å²) >= 11 is 0. The van der Waals surface area contributed by atoms with Crippen LogP contribution in [0.5, 0.6) is 0 Å². The Morgan fingerprint density at radius 2 is 2.17 bits per heavy atom. The van der Waals surface area contributed by atoms with E-state index in [4.69, 9.17) is 10.00 Å². The molecule has 1 heterocycles. The number of morpholine rings is 1. The molecule has 4 heteroatoms. The van der Waals surface area contributed by atoms with E-state index in [0.29, 0.717) is 5.92 Å². The molecule has 0 aliphatic carbocycles. The van der Waals surface area contributed by atoms with Crippen LogP contribution in [0.2, 0.25) is 0 Å². The number of anilines is 1. The molecule has 0 aromatic heterocycles. The quantitative estimate of drug-likeness (QED) is 0.800. The van der Waals surface area contributed by atoms with Crippen molar-refractivity contribution in [2.75, 3.05) is 18.1 Å². The lowest BCUT2D eigenvalue weighted by molar-refractivity contribution is -0.126. The van der Waals surface area contributed by atoms with Gasteiger partial charge in [0.2, 0.25) is 0 Å². The van der Waals surface area contributed by atoms with E-state index in [0.717, 1.165) is 11.3 Å². The molecule has 1 aromatic rings. The van der Waals surface area contributed by atoms with Crippen molar-refractivity contribution in [3.8, 4) is 6.07 Å². The van der Waals surface area contributed by atoms with Gasteiger partial charge >= 0.3 is 0 Å². The molecule has 1 aromatic carbocycles. The number of carbonyl (C=O) groups excluding carboxylic acids is 1. The molecule has 0 bridgehead atoms. The van der Waals surface area contributed by atoms with E-state index in [1.807, 2.05) is 24.3 Å². The van der Waals surface area contributed by atoms with Gasteiger partial charge in [0.05, 0.1) is 12.7 Å². The van der Waals surface area contributed by atoms with Crippen LogP contribution < -0.4 is 4.90 Å². The van der Waals surface area contributed by atoms with Crippen molar-refractivity contribution in [1.29, 1.82) is 5.26 Å². The monoisotopic (exact) mass is 244 g/mol. The minimum atomic E-state index is -0.536. The van der Waals surface area contributed by atoms with E-state index in [1.54, 1.807) is 4.90 Å². The molecule has 0 saturated carbocycles. The van der Waals surface area contributed by atoms with Crippen molar-refractivity contribution in [3.05, 3.63) is 29.8 Å². The van der Waals surface area contributed by atoms with Crippen molar-refractivity contribution in [2.24, 2.45) is 0 Å². The predicted octanol–water partition coefficient (Wildman–Crippen LogP) is 2.07. The third-order valence-electron chi connectivity index (χ3n) is 3.05. The van der Waals surface area contributed by atoms with Crippen LogP contribution in [0.3, 0.4) is 0 Å². The minimum absolute atomic E-state index is 0.0462. The molecule has 1 aliphatic heterocycles. The lowest BCUT2D eigenvalue weighted by atomic mass is 9.99. The summed E-state index contributed by atoms with van der Waals surface area (Å²) in [4.78, 5) is 13.6. The lowest BCUT2D eigenvalue weighted by Gasteiger charge is -2.33. The third kappa shape index (κ3) is 2.22. The fraction of sp³-hybridized carbons (Fsp3) is 0.429. The third-order valence-corrected chi connectivity index (χ3v) is 3.05. The molecule has 1 amide bonds. The number of amides is 1. The fourth-order valence-corrected chi connectivity index (χ4v) is 2.17. The number of rotatable bonds is 2. The van der Waals surface area contributed by atoms with Crippen LogP contribution in [-0.2, 0) is 9.53 Å². The molecule has 1 saturated heterocycles. The van der Waals surface area contributed by atoms with Gasteiger partial charge in [-0.1, -0.05) is 32.0 Å². The highest BCUT2D eigenvalue weighted by atomic mass is 16.5. The minimum Gasteiger partial charge on any atom is -0.368 e. The fourth-order valence-electron chi connectivity index (χ4n) is 2.17. The van der Waals surface area contributed by atoms with Crippen molar-refractivity contribution in [1.82, 2.24) is 0 Å². The molecular weight excluding hydrogens is 228 g/mol. The molecule has 4 nitrogen and oxygen atoms in total. The lowest BCUT2D eigenvalue weighted by Crippen LogP contribution is -2.49. The number of ether oxygens (including phenoxy) is 1. The maximum Gasteiger partial charge on any atom is 0.254 e. The Morgan fingerprint density at radius 3 is 2.83 bits per heavy atom. The van der Waals surface area contributed by atoms with Gasteiger partial charge in [-0.25, -0.2) is 0 Å². The smallest absolute Gasteiger partial charge is 0.254 e. The number of para-hydroxylation sites is 1. The normalized spacial score (nSPS) is 20.0. The number of carbonyl (C=O) groups is 1. The van der Waals surface area contributed by atoms with Gasteiger partial charge in [-0.2, -0.15) is 5.26 Å². The summed E-state index contributed by atoms with van der Waals surface area (Å²) in [5.41, 5.74) is 1.90. The standard InChI is InChI=1S/C14H16N2O2/c1-10(2)12-5-3-4-6-13(12)16-11(7-15)8-18-9-14(16)17/h3-6,10-11H,8-9H2,1-2H3. The first-order valence-electron chi connectivity index (χ1n) is 6.03. The van der Waals surface area contributed by atoms with Crippen LogP contribution in [0.15, 0.2) is 24.3 Å². The van der Waals surface area contributed by atoms with Gasteiger partial charge in [0, 0.05) is 5.69 Å². The Kier molecular flexibility index (Phi) is 3.63. The first kappa shape index (κ1) is 12.6. The molecule has 0 spiro atoms. The topological polar surface area (TPSA) is 53.3 Å². The van der Waals surface area contributed by atoms with Gasteiger partial charge < -0.3 is 4.74 Å². The zero-order valence-corrected chi connectivity index (χ0v) is 10.6. The highest BCUT2D eigenvalue weighted by Crippen LogP contribution is 2.29. The average molecular weight is 244 g/mol. The highest BCUT2D eigenvalue weighted by molar-refractivity contribution is 5.96. The van der Waals surface area contributed by atoms with Crippen molar-refractivity contribution >= 4 is 11.6 Å². The van der Waals surface area contributed by atoms with Crippen LogP contribution in [0.1, 0.15) is 25.3 Å². The largest absolute Gasteiger partial charge is 0.368 e. The predicted molar refractivity (Wildman–Crippen MR) is 68.2 cm³/mol. The number of nitrogens with zero attached hydrogens (tertiary/aromatic N) is 2. The van der Waals surface area contributed by atoms with Gasteiger partial charge in [0.1, 0.15) is 12.6 Å². The van der Waals surface area contributed by atoms with Crippen LogP contribution in [0.25, 0.3) is 0 Å². The van der Waals surface area contributed by atoms with Gasteiger partial charge in [-0.15, -0.1) is 0 Å². The number of hydrogen-bond donors (Lipinski definition) is 0. The van der Waals surface area contributed by atoms with Gasteiger partial charge in [-0.05, 0) is 17.5 Å². The average Bonchev–Trinajstić information content (AvgIpc) is 2.38. The van der Waals surface area contributed by atoms with Crippen molar-refractivity contribution in [3.63, 3.8) is 0 Å². The molecule has 0 N–H and O–H groups in total. The summed E-state index contributed by atoms with van der Waals surface area (Å²) in [6, 6.07) is 9.32. The maximum atomic E-state index is 12.0. The van der Waals surface area contributed by atoms with E-state index in [9.17, 15) is 4.79 Å². The zero-order chi connectivity index (χ0) is 13.1. The van der Waals surface area contributed by atoms with Crippen LogP contribution >= 0.6 is 0 Å². The molecule has 1 aliphatic rings. The van der Waals surface area contributed by atoms with E-state index in [1.165, 1.54) is 0 Å². The Balaban J connectivity index is 2.45. The second-order valence-electron chi connectivity index (χ2n) is 4.64. The second kappa shape index (κ2) is 5.19. The highest BCUT2D eigenvalue weighted by Gasteiger charge is 2.31. The van der Waals surface area contributed by atoms with Crippen molar-refractivity contribution in [2.45, 2.75) is 25.8 Å². The Hall–Kier alpha value is -1.86. The molecular formula is C14H16N2O2. The van der Waals surface area contributed by atoms with Gasteiger partial charge in [0.25, 0.3) is 5.91 Å². The Morgan fingerprint density at radius 1 is 1.44 bits per heavy atom. The molecule has 1 atom stereocenters. The second-order valence-corrected chi connectivity index (χ2v) is 4.64. The van der Waals surface area contributed by atoms with Crippen LogP contribution in [-0.4, -0.2) is 25.2 Å².